The van der Waals surface area contributed by atoms with E-state index in [2.05, 4.69) is 0 Å². The van der Waals surface area contributed by atoms with Gasteiger partial charge in [-0.3, -0.25) is 4.79 Å². The maximum absolute atomic E-state index is 11.4. The van der Waals surface area contributed by atoms with Crippen molar-refractivity contribution in [1.29, 1.82) is 0 Å². The predicted octanol–water partition coefficient (Wildman–Crippen LogP) is 2.04. The number of fused-ring (bicyclic) bond motifs is 1. The molecule has 1 aromatic heterocycles. The van der Waals surface area contributed by atoms with Crippen molar-refractivity contribution in [3.05, 3.63) is 35.2 Å². The highest BCUT2D eigenvalue weighted by Gasteiger charge is 2.08. The van der Waals surface area contributed by atoms with Crippen molar-refractivity contribution in [2.75, 3.05) is 6.54 Å². The van der Waals surface area contributed by atoms with Crippen LogP contribution in [0.4, 0.5) is 0 Å². The number of Topliss-reactive ketones (excluding diaryl/α,β-unsaturated/α-hetero) is 1. The summed E-state index contributed by atoms with van der Waals surface area (Å²) in [4.78, 5) is 11.4. The van der Waals surface area contributed by atoms with Crippen LogP contribution >= 0.6 is 11.3 Å². The van der Waals surface area contributed by atoms with E-state index in [1.807, 2.05) is 29.6 Å². The topological polar surface area (TPSA) is 43.1 Å². The Hall–Kier alpha value is -1.19. The molecule has 0 spiro atoms. The Morgan fingerprint density at radius 1 is 1.38 bits per heavy atom. The van der Waals surface area contributed by atoms with Crippen LogP contribution in [0.3, 0.4) is 0 Å². The Labute approximate surface area is 80.0 Å². The quantitative estimate of drug-likeness (QED) is 0.738. The number of thiophene rings is 1. The average molecular weight is 191 g/mol. The van der Waals surface area contributed by atoms with Gasteiger partial charge in [0.15, 0.2) is 5.78 Å². The fraction of sp³-hybridized carbons (Fsp3) is 0.100. The summed E-state index contributed by atoms with van der Waals surface area (Å²) in [5, 5.41) is 3.10. The van der Waals surface area contributed by atoms with Gasteiger partial charge in [-0.05, 0) is 22.9 Å². The van der Waals surface area contributed by atoms with Crippen molar-refractivity contribution in [2.24, 2.45) is 5.73 Å². The Morgan fingerprint density at radius 3 is 3.00 bits per heavy atom. The van der Waals surface area contributed by atoms with Gasteiger partial charge in [-0.2, -0.15) is 0 Å². The zero-order chi connectivity index (χ0) is 9.26. The molecule has 2 nitrogen and oxygen atoms in total. The molecule has 0 bridgehead atoms. The van der Waals surface area contributed by atoms with E-state index < -0.39 is 0 Å². The first-order chi connectivity index (χ1) is 6.33. The zero-order valence-corrected chi connectivity index (χ0v) is 7.80. The molecule has 2 rings (SSSR count). The molecule has 0 fully saturated rings. The van der Waals surface area contributed by atoms with Crippen LogP contribution in [0.1, 0.15) is 10.4 Å². The maximum atomic E-state index is 11.4. The third kappa shape index (κ3) is 1.36. The van der Waals surface area contributed by atoms with Gasteiger partial charge in [-0.15, -0.1) is 11.3 Å². The Balaban J connectivity index is 2.67. The normalized spacial score (nSPS) is 10.5. The van der Waals surface area contributed by atoms with Gasteiger partial charge >= 0.3 is 0 Å². The van der Waals surface area contributed by atoms with Gasteiger partial charge in [0.2, 0.25) is 0 Å². The van der Waals surface area contributed by atoms with Crippen LogP contribution < -0.4 is 5.73 Å². The van der Waals surface area contributed by atoms with Gasteiger partial charge in [-0.1, -0.05) is 12.1 Å². The van der Waals surface area contributed by atoms with Crippen molar-refractivity contribution in [3.8, 4) is 0 Å². The molecule has 0 saturated carbocycles. The van der Waals surface area contributed by atoms with E-state index in [0.29, 0.717) is 0 Å². The minimum Gasteiger partial charge on any atom is -0.324 e. The number of carbonyl (C=O) groups is 1. The summed E-state index contributed by atoms with van der Waals surface area (Å²) in [6, 6.07) is 7.72. The summed E-state index contributed by atoms with van der Waals surface area (Å²) in [6.45, 7) is 0.0804. The second kappa shape index (κ2) is 3.28. The lowest BCUT2D eigenvalue weighted by Gasteiger charge is -1.98. The lowest BCUT2D eigenvalue weighted by atomic mass is 10.1. The molecule has 0 unspecified atom stereocenters. The maximum Gasteiger partial charge on any atom is 0.177 e. The summed E-state index contributed by atoms with van der Waals surface area (Å²) in [7, 11) is 0. The number of nitrogens with two attached hydrogens (primary N) is 1. The monoisotopic (exact) mass is 191 g/mol. The number of benzene rings is 1. The minimum absolute atomic E-state index is 0.00745. The van der Waals surface area contributed by atoms with Crippen LogP contribution in [0.2, 0.25) is 0 Å². The van der Waals surface area contributed by atoms with Gasteiger partial charge in [0.1, 0.15) is 0 Å². The van der Waals surface area contributed by atoms with E-state index in [9.17, 15) is 4.79 Å². The van der Waals surface area contributed by atoms with Crippen molar-refractivity contribution in [1.82, 2.24) is 0 Å². The molecular formula is C10H9NOS. The Kier molecular flexibility index (Phi) is 2.12. The van der Waals surface area contributed by atoms with Crippen LogP contribution in [0.25, 0.3) is 10.1 Å². The highest BCUT2D eigenvalue weighted by molar-refractivity contribution is 7.17. The minimum atomic E-state index is 0.00745. The van der Waals surface area contributed by atoms with Crippen LogP contribution in [0.15, 0.2) is 29.6 Å². The highest BCUT2D eigenvalue weighted by atomic mass is 32.1. The third-order valence-corrected chi connectivity index (χ3v) is 2.93. The van der Waals surface area contributed by atoms with Crippen LogP contribution in [0, 0.1) is 0 Å². The zero-order valence-electron chi connectivity index (χ0n) is 6.99. The Morgan fingerprint density at radius 2 is 2.23 bits per heavy atom. The van der Waals surface area contributed by atoms with E-state index in [0.717, 1.165) is 15.6 Å². The standard InChI is InChI=1S/C10H9NOS/c11-6-9(12)8-3-1-2-7-4-5-13-10(7)8/h1-5H,6,11H2. The number of ketones is 1. The first-order valence-electron chi connectivity index (χ1n) is 4.02. The molecule has 0 atom stereocenters. The van der Waals surface area contributed by atoms with Crippen LogP contribution in [-0.2, 0) is 0 Å². The predicted molar refractivity (Wildman–Crippen MR) is 55.2 cm³/mol. The summed E-state index contributed by atoms with van der Waals surface area (Å²) >= 11 is 1.58. The van der Waals surface area contributed by atoms with Gasteiger partial charge in [0.05, 0.1) is 6.54 Å². The van der Waals surface area contributed by atoms with Crippen LogP contribution in [0.5, 0.6) is 0 Å². The van der Waals surface area contributed by atoms with Crippen LogP contribution in [-0.4, -0.2) is 12.3 Å². The first-order valence-corrected chi connectivity index (χ1v) is 4.90. The van der Waals surface area contributed by atoms with Crippen molar-refractivity contribution < 1.29 is 4.79 Å². The largest absolute Gasteiger partial charge is 0.324 e. The highest BCUT2D eigenvalue weighted by Crippen LogP contribution is 2.24. The van der Waals surface area contributed by atoms with Gasteiger partial charge in [0.25, 0.3) is 0 Å². The molecule has 0 aliphatic heterocycles. The second-order valence-corrected chi connectivity index (χ2v) is 3.69. The summed E-state index contributed by atoms with van der Waals surface area (Å²) in [5.41, 5.74) is 6.06. The molecule has 0 amide bonds. The third-order valence-electron chi connectivity index (χ3n) is 1.96. The number of hydrogen-bond acceptors (Lipinski definition) is 3. The first kappa shape index (κ1) is 8.41. The lowest BCUT2D eigenvalue weighted by molar-refractivity contribution is 0.100. The number of rotatable bonds is 2. The smallest absolute Gasteiger partial charge is 0.177 e. The molecule has 1 aromatic carbocycles. The van der Waals surface area contributed by atoms with E-state index in [1.165, 1.54) is 0 Å². The fourth-order valence-corrected chi connectivity index (χ4v) is 2.25. The fourth-order valence-electron chi connectivity index (χ4n) is 1.32. The molecule has 0 radical (unpaired) electrons. The van der Waals surface area contributed by atoms with Crippen molar-refractivity contribution in [3.63, 3.8) is 0 Å². The molecule has 2 N–H and O–H groups in total. The number of carbonyl (C=O) groups excluding carboxylic acids is 1. The van der Waals surface area contributed by atoms with Crippen molar-refractivity contribution in [2.45, 2.75) is 0 Å². The summed E-state index contributed by atoms with van der Waals surface area (Å²) in [6.07, 6.45) is 0. The molecule has 3 heteroatoms. The van der Waals surface area contributed by atoms with Gasteiger partial charge in [0, 0.05) is 10.3 Å². The average Bonchev–Trinajstić information content (AvgIpc) is 2.63. The summed E-state index contributed by atoms with van der Waals surface area (Å²) in [5.74, 6) is 0.00745. The molecule has 1 heterocycles. The van der Waals surface area contributed by atoms with E-state index in [4.69, 9.17) is 5.73 Å². The van der Waals surface area contributed by atoms with E-state index >= 15 is 0 Å². The van der Waals surface area contributed by atoms with Crippen molar-refractivity contribution >= 4 is 27.2 Å². The number of hydrogen-bond donors (Lipinski definition) is 1. The van der Waals surface area contributed by atoms with Gasteiger partial charge in [-0.25, -0.2) is 0 Å². The lowest BCUT2D eigenvalue weighted by Crippen LogP contribution is -2.13. The Bertz CT molecular complexity index is 447. The SMILES string of the molecule is NCC(=O)c1cccc2ccsc12. The molecule has 13 heavy (non-hydrogen) atoms. The molecule has 66 valence electrons. The molecular weight excluding hydrogens is 182 g/mol. The molecule has 0 saturated heterocycles. The van der Waals surface area contributed by atoms with E-state index in [-0.39, 0.29) is 12.3 Å². The molecule has 0 aliphatic carbocycles. The molecule has 2 aromatic rings. The van der Waals surface area contributed by atoms with Gasteiger partial charge < -0.3 is 5.73 Å². The molecule has 0 aliphatic rings. The summed E-state index contributed by atoms with van der Waals surface area (Å²) < 4.78 is 1.04. The second-order valence-electron chi connectivity index (χ2n) is 2.77. The van der Waals surface area contributed by atoms with E-state index in [1.54, 1.807) is 11.3 Å².